The Hall–Kier alpha value is -1.91. The van der Waals surface area contributed by atoms with E-state index in [1.807, 2.05) is 0 Å². The molecule has 0 bridgehead atoms. The molecular formula is C13H17N3O2. The molecule has 0 unspecified atom stereocenters. The second kappa shape index (κ2) is 5.62. The average Bonchev–Trinajstić information content (AvgIpc) is 2.40. The molecule has 2 amide bonds. The van der Waals surface area contributed by atoms with Gasteiger partial charge in [-0.25, -0.2) is 0 Å². The molecule has 0 saturated heterocycles. The Labute approximate surface area is 106 Å². The summed E-state index contributed by atoms with van der Waals surface area (Å²) in [4.78, 5) is 26.8. The number of carbonyl (C=O) groups is 2. The molecule has 1 heterocycles. The lowest BCUT2D eigenvalue weighted by atomic mass is 9.88. The first-order valence-electron chi connectivity index (χ1n) is 6.23. The number of nitrogens with zero attached hydrogens (tertiary/aromatic N) is 1. The van der Waals surface area contributed by atoms with E-state index in [2.05, 4.69) is 10.3 Å². The summed E-state index contributed by atoms with van der Waals surface area (Å²) in [5.41, 5.74) is 5.88. The van der Waals surface area contributed by atoms with E-state index >= 15 is 0 Å². The van der Waals surface area contributed by atoms with Crippen molar-refractivity contribution in [3.63, 3.8) is 0 Å². The first-order valence-corrected chi connectivity index (χ1v) is 6.23. The van der Waals surface area contributed by atoms with Crippen LogP contribution in [0.4, 0.5) is 5.69 Å². The number of primary amides is 1. The van der Waals surface area contributed by atoms with Crippen molar-refractivity contribution < 1.29 is 9.59 Å². The van der Waals surface area contributed by atoms with Crippen LogP contribution in [-0.4, -0.2) is 16.8 Å². The molecule has 1 aromatic heterocycles. The Morgan fingerprint density at radius 2 is 2.00 bits per heavy atom. The molecular weight excluding hydrogens is 230 g/mol. The smallest absolute Gasteiger partial charge is 0.267 e. The number of anilines is 1. The van der Waals surface area contributed by atoms with Crippen molar-refractivity contribution in [3.05, 3.63) is 24.0 Å². The quantitative estimate of drug-likeness (QED) is 0.852. The molecule has 5 nitrogen and oxygen atoms in total. The zero-order chi connectivity index (χ0) is 13.0. The fourth-order valence-corrected chi connectivity index (χ4v) is 2.25. The van der Waals surface area contributed by atoms with Crippen molar-refractivity contribution in [2.24, 2.45) is 11.7 Å². The number of hydrogen-bond acceptors (Lipinski definition) is 3. The summed E-state index contributed by atoms with van der Waals surface area (Å²) >= 11 is 0. The van der Waals surface area contributed by atoms with Crippen molar-refractivity contribution in [2.75, 3.05) is 5.32 Å². The molecule has 96 valence electrons. The van der Waals surface area contributed by atoms with Gasteiger partial charge in [-0.3, -0.25) is 14.6 Å². The first-order chi connectivity index (χ1) is 8.66. The van der Waals surface area contributed by atoms with Crippen LogP contribution >= 0.6 is 0 Å². The Morgan fingerprint density at radius 1 is 1.28 bits per heavy atom. The minimum atomic E-state index is -0.594. The van der Waals surface area contributed by atoms with E-state index in [1.54, 1.807) is 6.07 Å². The molecule has 3 N–H and O–H groups in total. The van der Waals surface area contributed by atoms with Crippen LogP contribution in [0.25, 0.3) is 0 Å². The second-order valence-corrected chi connectivity index (χ2v) is 4.62. The fraction of sp³-hybridized carbons (Fsp3) is 0.462. The molecule has 0 spiro atoms. The lowest BCUT2D eigenvalue weighted by molar-refractivity contribution is -0.120. The normalized spacial score (nSPS) is 16.2. The number of rotatable bonds is 3. The molecule has 1 aliphatic rings. The van der Waals surface area contributed by atoms with Crippen molar-refractivity contribution in [3.8, 4) is 0 Å². The van der Waals surface area contributed by atoms with Crippen LogP contribution in [0.1, 0.15) is 42.6 Å². The summed E-state index contributed by atoms with van der Waals surface area (Å²) in [5.74, 6) is -0.482. The molecule has 1 saturated carbocycles. The average molecular weight is 247 g/mol. The topological polar surface area (TPSA) is 85.1 Å². The van der Waals surface area contributed by atoms with Crippen LogP contribution in [0.5, 0.6) is 0 Å². The van der Waals surface area contributed by atoms with E-state index in [0.29, 0.717) is 5.69 Å². The summed E-state index contributed by atoms with van der Waals surface area (Å²) in [7, 11) is 0. The van der Waals surface area contributed by atoms with Gasteiger partial charge in [-0.05, 0) is 25.0 Å². The maximum Gasteiger partial charge on any atom is 0.267 e. The Bertz CT molecular complexity index is 453. The standard InChI is InChI=1S/C13H17N3O2/c14-12(17)11-8-10(6-7-15-11)16-13(18)9-4-2-1-3-5-9/h6-9H,1-5H2,(H2,14,17)(H,15,16,18). The predicted molar refractivity (Wildman–Crippen MR) is 68.0 cm³/mol. The number of nitrogens with one attached hydrogen (secondary N) is 1. The van der Waals surface area contributed by atoms with Gasteiger partial charge >= 0.3 is 0 Å². The number of carbonyl (C=O) groups excluding carboxylic acids is 2. The van der Waals surface area contributed by atoms with Crippen molar-refractivity contribution in [1.29, 1.82) is 0 Å². The van der Waals surface area contributed by atoms with E-state index in [1.165, 1.54) is 18.7 Å². The highest BCUT2D eigenvalue weighted by molar-refractivity contribution is 5.95. The largest absolute Gasteiger partial charge is 0.364 e. The molecule has 5 heteroatoms. The van der Waals surface area contributed by atoms with Gasteiger partial charge in [0.1, 0.15) is 5.69 Å². The molecule has 1 aliphatic carbocycles. The van der Waals surface area contributed by atoms with Gasteiger partial charge in [0.15, 0.2) is 0 Å². The minimum Gasteiger partial charge on any atom is -0.364 e. The van der Waals surface area contributed by atoms with E-state index in [4.69, 9.17) is 5.73 Å². The van der Waals surface area contributed by atoms with Crippen molar-refractivity contribution in [2.45, 2.75) is 32.1 Å². The predicted octanol–water partition coefficient (Wildman–Crippen LogP) is 1.70. The van der Waals surface area contributed by atoms with Crippen LogP contribution in [0.3, 0.4) is 0 Å². The monoisotopic (exact) mass is 247 g/mol. The van der Waals surface area contributed by atoms with Gasteiger partial charge in [-0.15, -0.1) is 0 Å². The summed E-state index contributed by atoms with van der Waals surface area (Å²) in [6.07, 6.45) is 6.79. The highest BCUT2D eigenvalue weighted by Crippen LogP contribution is 2.24. The number of hydrogen-bond donors (Lipinski definition) is 2. The number of nitrogens with two attached hydrogens (primary N) is 1. The van der Waals surface area contributed by atoms with E-state index in [0.717, 1.165) is 25.7 Å². The zero-order valence-electron chi connectivity index (χ0n) is 10.2. The molecule has 18 heavy (non-hydrogen) atoms. The van der Waals surface area contributed by atoms with Crippen LogP contribution < -0.4 is 11.1 Å². The van der Waals surface area contributed by atoms with E-state index in [9.17, 15) is 9.59 Å². The van der Waals surface area contributed by atoms with Crippen LogP contribution in [0.15, 0.2) is 18.3 Å². The van der Waals surface area contributed by atoms with Gasteiger partial charge in [-0.1, -0.05) is 19.3 Å². The lowest BCUT2D eigenvalue weighted by Crippen LogP contribution is -2.25. The van der Waals surface area contributed by atoms with Gasteiger partial charge in [0, 0.05) is 17.8 Å². The first kappa shape index (κ1) is 12.5. The van der Waals surface area contributed by atoms with Gasteiger partial charge in [0.25, 0.3) is 5.91 Å². The van der Waals surface area contributed by atoms with E-state index in [-0.39, 0.29) is 17.5 Å². The van der Waals surface area contributed by atoms with Gasteiger partial charge in [0.2, 0.25) is 5.91 Å². The summed E-state index contributed by atoms with van der Waals surface area (Å²) in [6, 6.07) is 3.16. The zero-order valence-corrected chi connectivity index (χ0v) is 10.2. The highest BCUT2D eigenvalue weighted by atomic mass is 16.2. The third-order valence-electron chi connectivity index (χ3n) is 3.26. The summed E-state index contributed by atoms with van der Waals surface area (Å²) < 4.78 is 0. The molecule has 1 fully saturated rings. The maximum absolute atomic E-state index is 12.0. The summed E-state index contributed by atoms with van der Waals surface area (Å²) in [5, 5.41) is 2.82. The molecule has 0 aliphatic heterocycles. The Morgan fingerprint density at radius 3 is 2.67 bits per heavy atom. The molecule has 0 atom stereocenters. The van der Waals surface area contributed by atoms with Gasteiger partial charge < -0.3 is 11.1 Å². The molecule has 0 aromatic carbocycles. The lowest BCUT2D eigenvalue weighted by Gasteiger charge is -2.20. The van der Waals surface area contributed by atoms with Crippen LogP contribution in [-0.2, 0) is 4.79 Å². The van der Waals surface area contributed by atoms with Crippen LogP contribution in [0.2, 0.25) is 0 Å². The van der Waals surface area contributed by atoms with Crippen molar-refractivity contribution in [1.82, 2.24) is 4.98 Å². The summed E-state index contributed by atoms with van der Waals surface area (Å²) in [6.45, 7) is 0. The second-order valence-electron chi connectivity index (χ2n) is 4.62. The highest BCUT2D eigenvalue weighted by Gasteiger charge is 2.21. The Kier molecular flexibility index (Phi) is 3.92. The maximum atomic E-state index is 12.0. The minimum absolute atomic E-state index is 0.0244. The van der Waals surface area contributed by atoms with Gasteiger partial charge in [-0.2, -0.15) is 0 Å². The molecule has 0 radical (unpaired) electrons. The van der Waals surface area contributed by atoms with Gasteiger partial charge in [0.05, 0.1) is 0 Å². The third kappa shape index (κ3) is 3.06. The van der Waals surface area contributed by atoms with Crippen molar-refractivity contribution >= 4 is 17.5 Å². The SMILES string of the molecule is NC(=O)c1cc(NC(=O)C2CCCCC2)ccn1. The van der Waals surface area contributed by atoms with E-state index < -0.39 is 5.91 Å². The molecule has 1 aromatic rings. The van der Waals surface area contributed by atoms with Crippen LogP contribution in [0, 0.1) is 5.92 Å². The molecule has 2 rings (SSSR count). The Balaban J connectivity index is 2.02. The third-order valence-corrected chi connectivity index (χ3v) is 3.26. The number of pyridine rings is 1. The number of amides is 2. The fourth-order valence-electron chi connectivity index (χ4n) is 2.25. The number of aromatic nitrogens is 1.